The van der Waals surface area contributed by atoms with Crippen molar-refractivity contribution < 1.29 is 4.74 Å². The van der Waals surface area contributed by atoms with E-state index in [4.69, 9.17) is 21.3 Å². The van der Waals surface area contributed by atoms with Crippen molar-refractivity contribution in [3.63, 3.8) is 0 Å². The van der Waals surface area contributed by atoms with Gasteiger partial charge >= 0.3 is 0 Å². The van der Waals surface area contributed by atoms with Crippen LogP contribution in [0, 0.1) is 13.8 Å². The van der Waals surface area contributed by atoms with Crippen LogP contribution in [0.1, 0.15) is 28.9 Å². The molecule has 0 atom stereocenters. The predicted molar refractivity (Wildman–Crippen MR) is 120 cm³/mol. The lowest BCUT2D eigenvalue weighted by molar-refractivity contribution is 0.301. The number of benzene rings is 3. The van der Waals surface area contributed by atoms with Crippen LogP contribution in [0.3, 0.4) is 0 Å². The maximum atomic E-state index is 6.03. The van der Waals surface area contributed by atoms with Gasteiger partial charge in [-0.2, -0.15) is 0 Å². The summed E-state index contributed by atoms with van der Waals surface area (Å²) in [6, 6.07) is 22.6. The summed E-state index contributed by atoms with van der Waals surface area (Å²) in [4.78, 5) is 4.88. The van der Waals surface area contributed by atoms with E-state index in [-0.39, 0.29) is 0 Å². The number of fused-ring (bicyclic) bond motifs is 1. The lowest BCUT2D eigenvalue weighted by Gasteiger charge is -2.11. The summed E-state index contributed by atoms with van der Waals surface area (Å²) in [5.74, 6) is 2.00. The van der Waals surface area contributed by atoms with Gasteiger partial charge in [0, 0.05) is 18.0 Å². The molecular weight excluding hydrogens is 380 g/mol. The third kappa shape index (κ3) is 4.63. The minimum absolute atomic E-state index is 0.676. The molecular formula is C25H25ClN2O. The molecule has 3 nitrogen and oxygen atoms in total. The predicted octanol–water partition coefficient (Wildman–Crippen LogP) is 6.37. The monoisotopic (exact) mass is 404 g/mol. The van der Waals surface area contributed by atoms with Crippen LogP contribution in [-0.4, -0.2) is 16.2 Å². The molecule has 0 aliphatic carbocycles. The van der Waals surface area contributed by atoms with Gasteiger partial charge in [-0.25, -0.2) is 4.98 Å². The standard InChI is InChI=1S/C25H25ClN2O/c1-18-8-13-22(16-19(18)2)29-15-5-14-28-24-7-4-3-6-23(24)27-25(28)17-20-9-11-21(26)12-10-20/h3-4,6-13,16H,5,14-15,17H2,1-2H3. The van der Waals surface area contributed by atoms with Crippen molar-refractivity contribution in [3.05, 3.63) is 94.3 Å². The quantitative estimate of drug-likeness (QED) is 0.335. The Hall–Kier alpha value is -2.78. The smallest absolute Gasteiger partial charge is 0.119 e. The van der Waals surface area contributed by atoms with Crippen LogP contribution in [0.15, 0.2) is 66.7 Å². The van der Waals surface area contributed by atoms with E-state index < -0.39 is 0 Å². The molecule has 3 aromatic carbocycles. The molecule has 1 aromatic heterocycles. The van der Waals surface area contributed by atoms with Gasteiger partial charge in [-0.3, -0.25) is 0 Å². The van der Waals surface area contributed by atoms with Crippen LogP contribution in [-0.2, 0) is 13.0 Å². The Morgan fingerprint density at radius 3 is 2.52 bits per heavy atom. The van der Waals surface area contributed by atoms with Crippen LogP contribution < -0.4 is 4.74 Å². The summed E-state index contributed by atoms with van der Waals surface area (Å²) in [6.07, 6.45) is 1.70. The van der Waals surface area contributed by atoms with E-state index in [9.17, 15) is 0 Å². The normalized spacial score (nSPS) is 11.1. The van der Waals surface area contributed by atoms with E-state index in [0.717, 1.165) is 41.5 Å². The van der Waals surface area contributed by atoms with Crippen molar-refractivity contribution >= 4 is 22.6 Å². The lowest BCUT2D eigenvalue weighted by Crippen LogP contribution is -2.08. The SMILES string of the molecule is Cc1ccc(OCCCn2c(Cc3ccc(Cl)cc3)nc3ccccc32)cc1C. The summed E-state index contributed by atoms with van der Waals surface area (Å²) >= 11 is 6.03. The van der Waals surface area contributed by atoms with Crippen molar-refractivity contribution in [1.29, 1.82) is 0 Å². The molecule has 0 unspecified atom stereocenters. The molecule has 29 heavy (non-hydrogen) atoms. The Balaban J connectivity index is 1.48. The summed E-state index contributed by atoms with van der Waals surface area (Å²) < 4.78 is 8.29. The highest BCUT2D eigenvalue weighted by Crippen LogP contribution is 2.21. The highest BCUT2D eigenvalue weighted by molar-refractivity contribution is 6.30. The van der Waals surface area contributed by atoms with Gasteiger partial charge in [-0.05, 0) is 73.4 Å². The highest BCUT2D eigenvalue weighted by Gasteiger charge is 2.11. The second-order valence-corrected chi connectivity index (χ2v) is 7.86. The van der Waals surface area contributed by atoms with Crippen molar-refractivity contribution in [3.8, 4) is 5.75 Å². The van der Waals surface area contributed by atoms with Crippen molar-refractivity contribution in [2.45, 2.75) is 33.2 Å². The molecule has 0 bridgehead atoms. The second kappa shape index (κ2) is 8.71. The van der Waals surface area contributed by atoms with E-state index in [2.05, 4.69) is 60.9 Å². The number of aromatic nitrogens is 2. The second-order valence-electron chi connectivity index (χ2n) is 7.42. The van der Waals surface area contributed by atoms with Gasteiger partial charge < -0.3 is 9.30 Å². The zero-order valence-electron chi connectivity index (χ0n) is 16.9. The maximum Gasteiger partial charge on any atom is 0.119 e. The fourth-order valence-electron chi connectivity index (χ4n) is 3.51. The van der Waals surface area contributed by atoms with Crippen molar-refractivity contribution in [2.24, 2.45) is 0 Å². The molecule has 4 rings (SSSR count). The molecule has 4 heteroatoms. The minimum atomic E-state index is 0.676. The van der Waals surface area contributed by atoms with Gasteiger partial charge in [0.15, 0.2) is 0 Å². The Bertz CT molecular complexity index is 1120. The first kappa shape index (κ1) is 19.5. The summed E-state index contributed by atoms with van der Waals surface area (Å²) in [5.41, 5.74) is 5.95. The number of para-hydroxylation sites is 2. The third-order valence-corrected chi connectivity index (χ3v) is 5.53. The highest BCUT2D eigenvalue weighted by atomic mass is 35.5. The van der Waals surface area contributed by atoms with Gasteiger partial charge in [-0.1, -0.05) is 41.9 Å². The molecule has 148 valence electrons. The van der Waals surface area contributed by atoms with Crippen molar-refractivity contribution in [1.82, 2.24) is 9.55 Å². The molecule has 0 aliphatic heterocycles. The van der Waals surface area contributed by atoms with Crippen LogP contribution in [0.4, 0.5) is 0 Å². The number of nitrogens with zero attached hydrogens (tertiary/aromatic N) is 2. The molecule has 0 saturated heterocycles. The Labute approximate surface area is 176 Å². The average Bonchev–Trinajstić information content (AvgIpc) is 3.07. The fourth-order valence-corrected chi connectivity index (χ4v) is 3.64. The van der Waals surface area contributed by atoms with Gasteiger partial charge in [-0.15, -0.1) is 0 Å². The summed E-state index contributed by atoms with van der Waals surface area (Å²) in [7, 11) is 0. The maximum absolute atomic E-state index is 6.03. The van der Waals surface area contributed by atoms with Gasteiger partial charge in [0.1, 0.15) is 11.6 Å². The number of halogens is 1. The molecule has 0 aliphatic rings. The van der Waals surface area contributed by atoms with E-state index in [1.165, 1.54) is 22.2 Å². The topological polar surface area (TPSA) is 27.1 Å². The lowest BCUT2D eigenvalue weighted by atomic mass is 10.1. The van der Waals surface area contributed by atoms with Crippen LogP contribution in [0.2, 0.25) is 5.02 Å². The van der Waals surface area contributed by atoms with Gasteiger partial charge in [0.05, 0.1) is 17.6 Å². The van der Waals surface area contributed by atoms with E-state index in [1.54, 1.807) is 0 Å². The zero-order valence-corrected chi connectivity index (χ0v) is 17.6. The fraction of sp³-hybridized carbons (Fsp3) is 0.240. The number of rotatable bonds is 7. The number of aryl methyl sites for hydroxylation is 3. The average molecular weight is 405 g/mol. The van der Waals surface area contributed by atoms with Crippen LogP contribution >= 0.6 is 11.6 Å². The van der Waals surface area contributed by atoms with E-state index >= 15 is 0 Å². The van der Waals surface area contributed by atoms with Gasteiger partial charge in [0.2, 0.25) is 0 Å². The number of hydrogen-bond acceptors (Lipinski definition) is 2. The Kier molecular flexibility index (Phi) is 5.86. The number of imidazole rings is 1. The molecule has 0 amide bonds. The zero-order chi connectivity index (χ0) is 20.2. The van der Waals surface area contributed by atoms with E-state index in [0.29, 0.717) is 6.61 Å². The summed E-state index contributed by atoms with van der Waals surface area (Å²) in [5, 5.41) is 0.755. The van der Waals surface area contributed by atoms with Gasteiger partial charge in [0.25, 0.3) is 0 Å². The molecule has 0 spiro atoms. The Morgan fingerprint density at radius 1 is 0.931 bits per heavy atom. The van der Waals surface area contributed by atoms with Crippen LogP contribution in [0.5, 0.6) is 5.75 Å². The first-order valence-corrected chi connectivity index (χ1v) is 10.4. The number of hydrogen-bond donors (Lipinski definition) is 0. The largest absolute Gasteiger partial charge is 0.494 e. The van der Waals surface area contributed by atoms with Crippen LogP contribution in [0.25, 0.3) is 11.0 Å². The van der Waals surface area contributed by atoms with Crippen molar-refractivity contribution in [2.75, 3.05) is 6.61 Å². The first-order valence-electron chi connectivity index (χ1n) is 9.99. The molecule has 1 heterocycles. The summed E-state index contributed by atoms with van der Waals surface area (Å²) in [6.45, 7) is 5.78. The molecule has 0 radical (unpaired) electrons. The molecule has 4 aromatic rings. The molecule has 0 N–H and O–H groups in total. The Morgan fingerprint density at radius 2 is 1.72 bits per heavy atom. The number of ether oxygens (including phenoxy) is 1. The molecule has 0 fully saturated rings. The van der Waals surface area contributed by atoms with E-state index in [1.807, 2.05) is 24.3 Å². The minimum Gasteiger partial charge on any atom is -0.494 e. The first-order chi connectivity index (χ1) is 14.1. The molecule has 0 saturated carbocycles. The third-order valence-electron chi connectivity index (χ3n) is 5.28.